The zero-order chi connectivity index (χ0) is 38.9. The number of rotatable bonds is 6. The highest BCUT2D eigenvalue weighted by Crippen LogP contribution is 2.59. The number of esters is 2. The number of carbonyl (C=O) groups is 2. The van der Waals surface area contributed by atoms with Crippen molar-refractivity contribution in [2.75, 3.05) is 4.90 Å². The molecule has 0 radical (unpaired) electrons. The fourth-order valence-electron chi connectivity index (χ4n) is 9.94. The number of nitrogens with zero attached hydrogens (tertiary/aromatic N) is 1. The Bertz CT molecular complexity index is 1900. The van der Waals surface area contributed by atoms with Gasteiger partial charge in [0.2, 0.25) is 0 Å². The van der Waals surface area contributed by atoms with E-state index in [2.05, 4.69) is 104 Å². The van der Waals surface area contributed by atoms with E-state index in [4.69, 9.17) is 9.47 Å². The number of hydrogen-bond donors (Lipinski definition) is 0. The molecule has 4 saturated carbocycles. The van der Waals surface area contributed by atoms with Crippen LogP contribution in [0.1, 0.15) is 114 Å². The first-order valence-electron chi connectivity index (χ1n) is 20.7. The van der Waals surface area contributed by atoms with Crippen molar-refractivity contribution in [1.29, 1.82) is 0 Å². The maximum absolute atomic E-state index is 11.5. The smallest absolute Gasteiger partial charge is 0.333 e. The van der Waals surface area contributed by atoms with Gasteiger partial charge < -0.3 is 14.4 Å². The van der Waals surface area contributed by atoms with E-state index in [0.717, 1.165) is 37.0 Å². The predicted molar refractivity (Wildman–Crippen MR) is 227 cm³/mol. The monoisotopic (exact) mass is 739 g/mol. The summed E-state index contributed by atoms with van der Waals surface area (Å²) in [6, 6.07) is 23.4. The Hall–Kier alpha value is -4.64. The Kier molecular flexibility index (Phi) is 13.7. The summed E-state index contributed by atoms with van der Waals surface area (Å²) in [5.41, 5.74) is 6.45. The lowest BCUT2D eigenvalue weighted by Crippen LogP contribution is -2.32. The van der Waals surface area contributed by atoms with Crippen molar-refractivity contribution in [3.05, 3.63) is 133 Å². The molecule has 4 fully saturated rings. The molecule has 1 aliphatic heterocycles. The molecule has 0 saturated heterocycles. The minimum absolute atomic E-state index is 0.156. The van der Waals surface area contributed by atoms with Gasteiger partial charge in [0, 0.05) is 34.6 Å². The van der Waals surface area contributed by atoms with Gasteiger partial charge in [0.1, 0.15) is 12.2 Å². The van der Waals surface area contributed by atoms with Gasteiger partial charge in [0.05, 0.1) is 0 Å². The summed E-state index contributed by atoms with van der Waals surface area (Å²) in [6.45, 7) is 18.3. The van der Waals surface area contributed by atoms with Crippen LogP contribution in [0.25, 0.3) is 16.8 Å². The first-order chi connectivity index (χ1) is 26.7. The van der Waals surface area contributed by atoms with Gasteiger partial charge in [-0.25, -0.2) is 9.59 Å². The number of ether oxygens (including phenoxy) is 2. The molecule has 0 aromatic heterocycles. The zero-order valence-corrected chi connectivity index (χ0v) is 33.2. The van der Waals surface area contributed by atoms with Crippen LogP contribution in [0.5, 0.6) is 0 Å². The van der Waals surface area contributed by atoms with Crippen LogP contribution in [0.15, 0.2) is 122 Å². The van der Waals surface area contributed by atoms with E-state index >= 15 is 0 Å². The second-order valence-corrected chi connectivity index (χ2v) is 16.4. The molecule has 0 amide bonds. The van der Waals surface area contributed by atoms with Crippen molar-refractivity contribution < 1.29 is 19.1 Å². The Morgan fingerprint density at radius 1 is 0.709 bits per heavy atom. The average molecular weight is 740 g/mol. The van der Waals surface area contributed by atoms with Crippen molar-refractivity contribution in [3.8, 4) is 0 Å². The maximum atomic E-state index is 11.5. The summed E-state index contributed by atoms with van der Waals surface area (Å²) in [5.74, 6) is 3.54. The largest absolute Gasteiger partial charge is 0.459 e. The van der Waals surface area contributed by atoms with E-state index in [1.165, 1.54) is 97.5 Å². The molecule has 290 valence electrons. The fraction of sp³-hybridized carbons (Fsp3) is 0.440. The Morgan fingerprint density at radius 3 is 2.13 bits per heavy atom. The first kappa shape index (κ1) is 40.0. The van der Waals surface area contributed by atoms with Crippen molar-refractivity contribution in [1.82, 2.24) is 0 Å². The molecule has 3 aromatic rings. The summed E-state index contributed by atoms with van der Waals surface area (Å²) in [6.07, 6.45) is 22.7. The summed E-state index contributed by atoms with van der Waals surface area (Å²) >= 11 is 0. The Labute approximate surface area is 329 Å². The highest BCUT2D eigenvalue weighted by molar-refractivity contribution is 5.87. The summed E-state index contributed by atoms with van der Waals surface area (Å²) in [7, 11) is 0. The molecule has 5 aliphatic carbocycles. The van der Waals surface area contributed by atoms with Crippen LogP contribution >= 0.6 is 0 Å². The molecule has 1 heterocycles. The molecular weight excluding hydrogens is 679 g/mol. The summed E-state index contributed by atoms with van der Waals surface area (Å²) < 4.78 is 10.8. The Morgan fingerprint density at radius 2 is 1.40 bits per heavy atom. The van der Waals surface area contributed by atoms with Gasteiger partial charge >= 0.3 is 11.9 Å². The molecule has 6 aliphatic rings. The lowest BCUT2D eigenvalue weighted by Gasteiger charge is -2.31. The number of allylic oxidation sites excluding steroid dienone is 2. The molecule has 6 atom stereocenters. The highest BCUT2D eigenvalue weighted by Gasteiger charge is 2.55. The molecule has 3 aromatic carbocycles. The van der Waals surface area contributed by atoms with Gasteiger partial charge in [-0.3, -0.25) is 0 Å². The van der Waals surface area contributed by atoms with Crippen LogP contribution in [0.3, 0.4) is 0 Å². The van der Waals surface area contributed by atoms with Gasteiger partial charge in [0.15, 0.2) is 0 Å². The molecule has 5 heteroatoms. The van der Waals surface area contributed by atoms with E-state index in [-0.39, 0.29) is 24.1 Å². The van der Waals surface area contributed by atoms with Crippen LogP contribution < -0.4 is 4.90 Å². The molecule has 6 unspecified atom stereocenters. The topological polar surface area (TPSA) is 55.8 Å². The third kappa shape index (κ3) is 9.61. The third-order valence-corrected chi connectivity index (χ3v) is 12.6. The number of fused-ring (bicyclic) bond motifs is 9. The van der Waals surface area contributed by atoms with Crippen molar-refractivity contribution in [3.63, 3.8) is 0 Å². The molecule has 0 spiro atoms. The predicted octanol–water partition coefficient (Wildman–Crippen LogP) is 12.7. The summed E-state index contributed by atoms with van der Waals surface area (Å²) in [5, 5.41) is 2.55. The van der Waals surface area contributed by atoms with Crippen LogP contribution in [-0.2, 0) is 19.1 Å². The molecular formula is C50H61NO4. The number of para-hydroxylation sites is 1. The SMILES string of the molecule is C=C(C)C(=O)OC1CC2CC1C1CCCC21.C=C(C)C(=O)OC1CCCCC1.C=CN1C2=CCCCC2c2ccccc21.C=Cc1ccc2ccccc2c1. The Balaban J connectivity index is 0.000000126. The standard InChI is InChI=1S/C14H15N.C14H20O2.C12H10.C10H16O2/c1-2-15-13-9-5-3-7-11(13)12-8-4-6-10-14(12)15;1-8(2)14(15)16-13-7-9-6-12(13)11-5-3-4-10(9)11;1-2-10-7-8-11-5-3-4-6-12(11)9-10;1-8(2)10(11)12-9-6-4-3-5-7-9/h2-3,5,7,9-10,12H,1,4,6,8H2;9-13H,1,3-7H2,2H3;2-9H,1H2;9H,1,3-7H2,2H3. The van der Waals surface area contributed by atoms with Crippen molar-refractivity contribution >= 4 is 34.5 Å². The van der Waals surface area contributed by atoms with Crippen LogP contribution in [0.4, 0.5) is 5.69 Å². The fourth-order valence-corrected chi connectivity index (χ4v) is 9.94. The normalized spacial score (nSPS) is 25.5. The number of hydrogen-bond acceptors (Lipinski definition) is 5. The molecule has 0 N–H and O–H groups in total. The van der Waals surface area contributed by atoms with E-state index in [9.17, 15) is 9.59 Å². The van der Waals surface area contributed by atoms with E-state index < -0.39 is 0 Å². The second-order valence-electron chi connectivity index (χ2n) is 16.4. The summed E-state index contributed by atoms with van der Waals surface area (Å²) in [4.78, 5) is 24.9. The van der Waals surface area contributed by atoms with Crippen LogP contribution in [-0.4, -0.2) is 24.1 Å². The highest BCUT2D eigenvalue weighted by atomic mass is 16.5. The van der Waals surface area contributed by atoms with E-state index in [0.29, 0.717) is 23.0 Å². The van der Waals surface area contributed by atoms with Crippen molar-refractivity contribution in [2.45, 2.75) is 115 Å². The van der Waals surface area contributed by atoms with Gasteiger partial charge in [-0.2, -0.15) is 0 Å². The number of anilines is 1. The third-order valence-electron chi connectivity index (χ3n) is 12.6. The van der Waals surface area contributed by atoms with Gasteiger partial charge in [-0.1, -0.05) is 106 Å². The molecule has 5 nitrogen and oxygen atoms in total. The quantitative estimate of drug-likeness (QED) is 0.186. The number of benzene rings is 3. The van der Waals surface area contributed by atoms with Crippen LogP contribution in [0.2, 0.25) is 0 Å². The van der Waals surface area contributed by atoms with Gasteiger partial charge in [-0.05, 0) is 142 Å². The van der Waals surface area contributed by atoms with Gasteiger partial charge in [0.25, 0.3) is 0 Å². The molecule has 9 rings (SSSR count). The minimum Gasteiger partial charge on any atom is -0.459 e. The lowest BCUT2D eigenvalue weighted by molar-refractivity contribution is -0.148. The van der Waals surface area contributed by atoms with Gasteiger partial charge in [-0.15, -0.1) is 0 Å². The van der Waals surface area contributed by atoms with Crippen molar-refractivity contribution in [2.24, 2.45) is 23.7 Å². The molecule has 55 heavy (non-hydrogen) atoms. The van der Waals surface area contributed by atoms with E-state index in [1.807, 2.05) is 12.3 Å². The maximum Gasteiger partial charge on any atom is 0.333 e. The minimum atomic E-state index is -0.234. The van der Waals surface area contributed by atoms with Crippen LogP contribution in [0, 0.1) is 23.7 Å². The molecule has 2 bridgehead atoms. The lowest BCUT2D eigenvalue weighted by atomic mass is 9.80. The second kappa shape index (κ2) is 18.8. The first-order valence-corrected chi connectivity index (χ1v) is 20.7. The average Bonchev–Trinajstić information content (AvgIpc) is 4.00. The van der Waals surface area contributed by atoms with E-state index in [1.54, 1.807) is 13.8 Å². The zero-order valence-electron chi connectivity index (χ0n) is 33.2. The number of carbonyl (C=O) groups excluding carboxylic acids is 2.